The van der Waals surface area contributed by atoms with Crippen LogP contribution in [0.25, 0.3) is 10.8 Å². The Morgan fingerprint density at radius 2 is 2.05 bits per heavy atom. The van der Waals surface area contributed by atoms with Crippen molar-refractivity contribution in [2.45, 2.75) is 26.0 Å². The van der Waals surface area contributed by atoms with E-state index in [0.717, 1.165) is 34.5 Å². The Hall–Kier alpha value is -2.07. The molecule has 2 aromatic carbocycles. The Morgan fingerprint density at radius 3 is 2.86 bits per heavy atom. The number of ether oxygens (including phenoxy) is 1. The van der Waals surface area contributed by atoms with E-state index < -0.39 is 0 Å². The number of halogens is 1. The Balaban J connectivity index is 1.90. The summed E-state index contributed by atoms with van der Waals surface area (Å²) in [5, 5.41) is 6.43. The summed E-state index contributed by atoms with van der Waals surface area (Å²) in [4.78, 5) is 4.21. The molecule has 5 heteroatoms. The van der Waals surface area contributed by atoms with Crippen molar-refractivity contribution >= 4 is 22.4 Å². The lowest BCUT2D eigenvalue weighted by molar-refractivity contribution is 0.285. The minimum Gasteiger partial charge on any atom is -0.485 e. The molecule has 0 spiro atoms. The van der Waals surface area contributed by atoms with Crippen LogP contribution in [0.15, 0.2) is 42.7 Å². The van der Waals surface area contributed by atoms with E-state index in [1.54, 1.807) is 6.33 Å². The molecular formula is C16H16ClN3O. The maximum absolute atomic E-state index is 6.12. The maximum atomic E-state index is 6.12. The largest absolute Gasteiger partial charge is 0.485 e. The Bertz CT molecular complexity index is 754. The third-order valence-corrected chi connectivity index (χ3v) is 3.75. The lowest BCUT2D eigenvalue weighted by Crippen LogP contribution is -2.08. The molecule has 0 saturated heterocycles. The first-order chi connectivity index (χ1) is 10.3. The predicted molar refractivity (Wildman–Crippen MR) is 83.5 cm³/mol. The minimum atomic E-state index is 0.385. The zero-order chi connectivity index (χ0) is 14.7. The van der Waals surface area contributed by atoms with Gasteiger partial charge in [-0.05, 0) is 23.8 Å². The zero-order valence-electron chi connectivity index (χ0n) is 11.8. The van der Waals surface area contributed by atoms with E-state index in [9.17, 15) is 0 Å². The number of hydrogen-bond acceptors (Lipinski definition) is 3. The lowest BCUT2D eigenvalue weighted by Gasteiger charge is -2.12. The summed E-state index contributed by atoms with van der Waals surface area (Å²) in [5.41, 5.74) is 1.01. The van der Waals surface area contributed by atoms with Crippen molar-refractivity contribution in [3.8, 4) is 5.75 Å². The SMILES string of the molecule is CCn1ncnc1COc1ccc2ccccc2c1CCl. The second-order valence-electron chi connectivity index (χ2n) is 4.68. The molecule has 108 valence electrons. The van der Waals surface area contributed by atoms with E-state index in [1.165, 1.54) is 0 Å². The summed E-state index contributed by atoms with van der Waals surface area (Å²) in [6.07, 6.45) is 1.55. The van der Waals surface area contributed by atoms with Crippen molar-refractivity contribution in [1.82, 2.24) is 14.8 Å². The minimum absolute atomic E-state index is 0.385. The summed E-state index contributed by atoms with van der Waals surface area (Å²) < 4.78 is 7.74. The summed E-state index contributed by atoms with van der Waals surface area (Å²) >= 11 is 6.12. The molecule has 1 heterocycles. The topological polar surface area (TPSA) is 39.9 Å². The molecule has 0 amide bonds. The van der Waals surface area contributed by atoms with Crippen LogP contribution in [0.5, 0.6) is 5.75 Å². The molecule has 21 heavy (non-hydrogen) atoms. The Kier molecular flexibility index (Phi) is 4.06. The number of nitrogens with zero attached hydrogens (tertiary/aromatic N) is 3. The van der Waals surface area contributed by atoms with Crippen LogP contribution in [-0.2, 0) is 19.0 Å². The molecule has 0 aliphatic carbocycles. The smallest absolute Gasteiger partial charge is 0.164 e. The van der Waals surface area contributed by atoms with Gasteiger partial charge in [-0.2, -0.15) is 5.10 Å². The summed E-state index contributed by atoms with van der Waals surface area (Å²) in [7, 11) is 0. The molecule has 0 aliphatic rings. The highest BCUT2D eigenvalue weighted by Gasteiger charge is 2.10. The van der Waals surface area contributed by atoms with Crippen molar-refractivity contribution in [3.63, 3.8) is 0 Å². The van der Waals surface area contributed by atoms with Crippen LogP contribution in [0.2, 0.25) is 0 Å². The van der Waals surface area contributed by atoms with Gasteiger partial charge in [-0.25, -0.2) is 9.67 Å². The van der Waals surface area contributed by atoms with E-state index >= 15 is 0 Å². The van der Waals surface area contributed by atoms with Gasteiger partial charge >= 0.3 is 0 Å². The van der Waals surface area contributed by atoms with Gasteiger partial charge in [0.15, 0.2) is 5.82 Å². The monoisotopic (exact) mass is 301 g/mol. The van der Waals surface area contributed by atoms with Crippen LogP contribution in [-0.4, -0.2) is 14.8 Å². The van der Waals surface area contributed by atoms with Crippen molar-refractivity contribution in [2.24, 2.45) is 0 Å². The molecule has 0 unspecified atom stereocenters. The lowest BCUT2D eigenvalue weighted by atomic mass is 10.0. The number of aromatic nitrogens is 3. The molecule has 0 radical (unpaired) electrons. The van der Waals surface area contributed by atoms with E-state index in [2.05, 4.69) is 22.2 Å². The van der Waals surface area contributed by atoms with Crippen LogP contribution in [0.1, 0.15) is 18.3 Å². The standard InChI is InChI=1S/C16H16ClN3O/c1-2-20-16(18-11-19-20)10-21-15-8-7-12-5-3-4-6-13(12)14(15)9-17/h3-8,11H,2,9-10H2,1H3. The Labute approximate surface area is 128 Å². The highest BCUT2D eigenvalue weighted by molar-refractivity contribution is 6.18. The first-order valence-electron chi connectivity index (χ1n) is 6.89. The second-order valence-corrected chi connectivity index (χ2v) is 4.94. The van der Waals surface area contributed by atoms with Gasteiger partial charge in [0.1, 0.15) is 18.7 Å². The molecule has 3 aromatic rings. The molecule has 1 aromatic heterocycles. The maximum Gasteiger partial charge on any atom is 0.164 e. The zero-order valence-corrected chi connectivity index (χ0v) is 12.5. The average Bonchev–Trinajstić information content (AvgIpc) is 2.99. The predicted octanol–water partition coefficient (Wildman–Crippen LogP) is 3.77. The molecule has 0 bridgehead atoms. The molecular weight excluding hydrogens is 286 g/mol. The first-order valence-corrected chi connectivity index (χ1v) is 7.43. The fraction of sp³-hybridized carbons (Fsp3) is 0.250. The van der Waals surface area contributed by atoms with Gasteiger partial charge in [0.25, 0.3) is 0 Å². The van der Waals surface area contributed by atoms with Crippen molar-refractivity contribution < 1.29 is 4.74 Å². The van der Waals surface area contributed by atoms with Crippen LogP contribution in [0, 0.1) is 0 Å². The first kappa shape index (κ1) is 13.9. The number of rotatable bonds is 5. The summed E-state index contributed by atoms with van der Waals surface area (Å²) in [6, 6.07) is 12.2. The number of aryl methyl sites for hydroxylation is 1. The van der Waals surface area contributed by atoms with Crippen LogP contribution < -0.4 is 4.74 Å². The van der Waals surface area contributed by atoms with Gasteiger partial charge in [-0.15, -0.1) is 11.6 Å². The van der Waals surface area contributed by atoms with Crippen LogP contribution in [0.3, 0.4) is 0 Å². The molecule has 0 N–H and O–H groups in total. The van der Waals surface area contributed by atoms with E-state index in [-0.39, 0.29) is 0 Å². The fourth-order valence-electron chi connectivity index (χ4n) is 2.40. The van der Waals surface area contributed by atoms with Gasteiger partial charge in [0.2, 0.25) is 0 Å². The summed E-state index contributed by atoms with van der Waals surface area (Å²) in [6.45, 7) is 3.19. The van der Waals surface area contributed by atoms with Crippen molar-refractivity contribution in [3.05, 3.63) is 54.1 Å². The number of alkyl halides is 1. The molecule has 0 fully saturated rings. The van der Waals surface area contributed by atoms with Gasteiger partial charge in [-0.1, -0.05) is 30.3 Å². The van der Waals surface area contributed by atoms with Crippen molar-refractivity contribution in [2.75, 3.05) is 0 Å². The normalized spacial score (nSPS) is 11.0. The molecule has 0 aliphatic heterocycles. The van der Waals surface area contributed by atoms with E-state index in [0.29, 0.717) is 12.5 Å². The van der Waals surface area contributed by atoms with E-state index in [1.807, 2.05) is 35.9 Å². The van der Waals surface area contributed by atoms with Crippen LogP contribution >= 0.6 is 11.6 Å². The van der Waals surface area contributed by atoms with Gasteiger partial charge in [-0.3, -0.25) is 0 Å². The number of benzene rings is 2. The quantitative estimate of drug-likeness (QED) is 0.674. The third kappa shape index (κ3) is 2.72. The van der Waals surface area contributed by atoms with Gasteiger partial charge in [0, 0.05) is 12.1 Å². The highest BCUT2D eigenvalue weighted by Crippen LogP contribution is 2.29. The van der Waals surface area contributed by atoms with Gasteiger partial charge in [0.05, 0.1) is 5.88 Å². The van der Waals surface area contributed by atoms with Gasteiger partial charge < -0.3 is 4.74 Å². The molecule has 0 saturated carbocycles. The van der Waals surface area contributed by atoms with Crippen molar-refractivity contribution in [1.29, 1.82) is 0 Å². The second kappa shape index (κ2) is 6.14. The van der Waals surface area contributed by atoms with E-state index in [4.69, 9.17) is 16.3 Å². The van der Waals surface area contributed by atoms with Crippen LogP contribution in [0.4, 0.5) is 0 Å². The third-order valence-electron chi connectivity index (χ3n) is 3.48. The molecule has 3 rings (SSSR count). The molecule has 4 nitrogen and oxygen atoms in total. The molecule has 0 atom stereocenters. The Morgan fingerprint density at radius 1 is 1.19 bits per heavy atom. The fourth-order valence-corrected chi connectivity index (χ4v) is 2.67. The summed E-state index contributed by atoms with van der Waals surface area (Å²) in [5.74, 6) is 2.03. The average molecular weight is 302 g/mol. The number of fused-ring (bicyclic) bond motifs is 1. The highest BCUT2D eigenvalue weighted by atomic mass is 35.5. The number of hydrogen-bond donors (Lipinski definition) is 0.